The smallest absolute Gasteiger partial charge is 0.397 e. The Bertz CT molecular complexity index is 1390. The summed E-state index contributed by atoms with van der Waals surface area (Å²) in [5.74, 6) is -1.48. The summed E-state index contributed by atoms with van der Waals surface area (Å²) in [4.78, 5) is 27.8. The van der Waals surface area contributed by atoms with Gasteiger partial charge in [0.05, 0.1) is 30.2 Å². The number of nitrogens with one attached hydrogen (secondary N) is 3. The van der Waals surface area contributed by atoms with E-state index in [2.05, 4.69) is 20.9 Å². The topological polar surface area (TPSA) is 109 Å². The molecule has 0 bridgehead atoms. The maximum atomic E-state index is 13.5. The van der Waals surface area contributed by atoms with Crippen molar-refractivity contribution in [1.82, 2.24) is 10.2 Å². The van der Waals surface area contributed by atoms with Crippen molar-refractivity contribution in [2.45, 2.75) is 12.2 Å². The van der Waals surface area contributed by atoms with Gasteiger partial charge in [0.25, 0.3) is 0 Å². The first-order valence-corrected chi connectivity index (χ1v) is 13.2. The number of carbonyl (C=O) groups excluding carboxylic acids is 2. The van der Waals surface area contributed by atoms with Crippen molar-refractivity contribution < 1.29 is 31.9 Å². The molecule has 8 nitrogen and oxygen atoms in total. The van der Waals surface area contributed by atoms with Crippen LogP contribution in [0.4, 0.5) is 34.6 Å². The molecule has 1 aliphatic rings. The van der Waals surface area contributed by atoms with Gasteiger partial charge in [-0.25, -0.2) is 4.39 Å². The van der Waals surface area contributed by atoms with Gasteiger partial charge in [-0.2, -0.15) is 13.2 Å². The number of anilines is 3. The van der Waals surface area contributed by atoms with Crippen LogP contribution in [0.15, 0.2) is 72.8 Å². The van der Waals surface area contributed by atoms with Crippen molar-refractivity contribution in [3.8, 4) is 0 Å². The average Bonchev–Trinajstić information content (AvgIpc) is 2.97. The van der Waals surface area contributed by atoms with Crippen molar-refractivity contribution >= 4 is 35.0 Å². The quantitative estimate of drug-likeness (QED) is 0.156. The predicted molar refractivity (Wildman–Crippen MR) is 153 cm³/mol. The number of hydrogen-bond acceptors (Lipinski definition) is 6. The van der Waals surface area contributed by atoms with Crippen LogP contribution in [0.25, 0.3) is 6.08 Å². The summed E-state index contributed by atoms with van der Waals surface area (Å²) in [6.07, 6.45) is -1.65. The largest absolute Gasteiger partial charge is 0.416 e. The van der Waals surface area contributed by atoms with Gasteiger partial charge in [0.15, 0.2) is 0 Å². The zero-order chi connectivity index (χ0) is 30.1. The fourth-order valence-electron chi connectivity index (χ4n) is 4.29. The summed E-state index contributed by atoms with van der Waals surface area (Å²) >= 11 is 0. The van der Waals surface area contributed by atoms with Crippen molar-refractivity contribution in [1.29, 1.82) is 0 Å². The molecule has 1 unspecified atom stereocenters. The molecule has 0 aromatic heterocycles. The Hall–Kier alpha value is -4.26. The van der Waals surface area contributed by atoms with Crippen LogP contribution in [0.2, 0.25) is 0 Å². The number of hydrogen-bond donors (Lipinski definition) is 4. The lowest BCUT2D eigenvalue weighted by Gasteiger charge is -2.27. The molecule has 222 valence electrons. The minimum Gasteiger partial charge on any atom is -0.397 e. The minimum absolute atomic E-state index is 0.157. The van der Waals surface area contributed by atoms with E-state index in [9.17, 15) is 27.2 Å². The molecule has 3 aromatic rings. The van der Waals surface area contributed by atoms with E-state index in [1.54, 1.807) is 30.3 Å². The second kappa shape index (κ2) is 14.1. The fourth-order valence-corrected chi connectivity index (χ4v) is 4.29. The molecule has 12 heteroatoms. The van der Waals surface area contributed by atoms with Crippen molar-refractivity contribution in [2.75, 3.05) is 55.8 Å². The van der Waals surface area contributed by atoms with Gasteiger partial charge < -0.3 is 26.4 Å². The molecule has 42 heavy (non-hydrogen) atoms. The molecule has 1 heterocycles. The summed E-state index contributed by atoms with van der Waals surface area (Å²) in [5, 5.41) is 8.46. The third kappa shape index (κ3) is 8.87. The number of nitrogens with two attached hydrogens (primary N) is 1. The van der Waals surface area contributed by atoms with Crippen molar-refractivity contribution in [2.24, 2.45) is 0 Å². The molecule has 2 amide bonds. The Morgan fingerprint density at radius 1 is 0.976 bits per heavy atom. The summed E-state index contributed by atoms with van der Waals surface area (Å²) < 4.78 is 57.6. The minimum atomic E-state index is -4.48. The van der Waals surface area contributed by atoms with Crippen LogP contribution in [-0.4, -0.2) is 56.1 Å². The number of ether oxygens (including phenoxy) is 1. The van der Waals surface area contributed by atoms with Gasteiger partial charge in [0.2, 0.25) is 11.8 Å². The van der Waals surface area contributed by atoms with Crippen molar-refractivity contribution in [3.05, 3.63) is 95.3 Å². The Morgan fingerprint density at radius 2 is 1.67 bits per heavy atom. The number of amides is 2. The average molecular weight is 586 g/mol. The molecule has 1 aliphatic heterocycles. The monoisotopic (exact) mass is 585 g/mol. The maximum Gasteiger partial charge on any atom is 0.416 e. The Kier molecular flexibility index (Phi) is 10.3. The first-order valence-electron chi connectivity index (χ1n) is 13.2. The number of morpholine rings is 1. The first kappa shape index (κ1) is 30.7. The van der Waals surface area contributed by atoms with Gasteiger partial charge in [-0.1, -0.05) is 24.3 Å². The number of benzene rings is 3. The lowest BCUT2D eigenvalue weighted by Crippen LogP contribution is -2.42. The molecule has 1 saturated heterocycles. The van der Waals surface area contributed by atoms with E-state index in [0.29, 0.717) is 37.4 Å². The second-order valence-corrected chi connectivity index (χ2v) is 9.63. The van der Waals surface area contributed by atoms with E-state index in [1.807, 2.05) is 0 Å². The number of halogens is 4. The zero-order valence-corrected chi connectivity index (χ0v) is 22.6. The SMILES string of the molecule is Nc1ccc(F)cc1NC(=O)C=Cc1ccc(C(NCCN2CCOCC2)C(=O)Nc2ccc(C(F)(F)F)cc2)cc1. The lowest BCUT2D eigenvalue weighted by atomic mass is 10.0. The third-order valence-corrected chi connectivity index (χ3v) is 6.59. The molecule has 1 atom stereocenters. The van der Waals surface area contributed by atoms with Gasteiger partial charge in [0, 0.05) is 37.9 Å². The predicted octanol–water partition coefficient (Wildman–Crippen LogP) is 4.68. The molecular formula is C30H31F4N5O3. The van der Waals surface area contributed by atoms with Gasteiger partial charge in [-0.05, 0) is 59.7 Å². The van der Waals surface area contributed by atoms with Crippen LogP contribution in [-0.2, 0) is 20.5 Å². The van der Waals surface area contributed by atoms with Gasteiger partial charge in [-0.15, -0.1) is 0 Å². The highest BCUT2D eigenvalue weighted by molar-refractivity contribution is 6.03. The van der Waals surface area contributed by atoms with Crippen LogP contribution in [0.1, 0.15) is 22.7 Å². The maximum absolute atomic E-state index is 13.5. The summed E-state index contributed by atoms with van der Waals surface area (Å²) in [7, 11) is 0. The van der Waals surface area contributed by atoms with Crippen LogP contribution in [0, 0.1) is 5.82 Å². The van der Waals surface area contributed by atoms with E-state index >= 15 is 0 Å². The van der Waals surface area contributed by atoms with E-state index < -0.39 is 35.4 Å². The van der Waals surface area contributed by atoms with Gasteiger partial charge in [-0.3, -0.25) is 14.5 Å². The number of alkyl halides is 3. The standard InChI is InChI=1S/C30H31F4N5O3/c31-23-8-11-25(35)26(19-23)38-27(40)12-3-20-1-4-21(5-2-20)28(36-13-14-39-15-17-42-18-16-39)29(41)37-24-9-6-22(7-10-24)30(32,33)34/h1-12,19,28,36H,13-18,35H2,(H,37,41)(H,38,40). The number of carbonyl (C=O) groups is 2. The Balaban J connectivity index is 1.43. The highest BCUT2D eigenvalue weighted by atomic mass is 19.4. The lowest BCUT2D eigenvalue weighted by molar-refractivity contribution is -0.137. The summed E-state index contributed by atoms with van der Waals surface area (Å²) in [6.45, 7) is 4.01. The molecule has 0 saturated carbocycles. The van der Waals surface area contributed by atoms with E-state index in [-0.39, 0.29) is 17.1 Å². The summed E-state index contributed by atoms with van der Waals surface area (Å²) in [5.41, 5.74) is 6.86. The Labute approximate surface area is 240 Å². The van der Waals surface area contributed by atoms with Crippen LogP contribution >= 0.6 is 0 Å². The van der Waals surface area contributed by atoms with Gasteiger partial charge >= 0.3 is 6.18 Å². The number of rotatable bonds is 10. The van der Waals surface area contributed by atoms with E-state index in [1.165, 1.54) is 30.3 Å². The van der Waals surface area contributed by atoms with Crippen LogP contribution in [0.5, 0.6) is 0 Å². The van der Waals surface area contributed by atoms with Crippen LogP contribution in [0.3, 0.4) is 0 Å². The highest BCUT2D eigenvalue weighted by Crippen LogP contribution is 2.30. The van der Waals surface area contributed by atoms with E-state index in [4.69, 9.17) is 10.5 Å². The number of nitrogens with zero attached hydrogens (tertiary/aromatic N) is 1. The summed E-state index contributed by atoms with van der Waals surface area (Å²) in [6, 6.07) is 14.0. The first-order chi connectivity index (χ1) is 20.1. The molecule has 3 aromatic carbocycles. The zero-order valence-electron chi connectivity index (χ0n) is 22.6. The number of nitrogen functional groups attached to an aromatic ring is 1. The normalized spacial score (nSPS) is 15.0. The molecule has 0 radical (unpaired) electrons. The van der Waals surface area contributed by atoms with Crippen molar-refractivity contribution in [3.63, 3.8) is 0 Å². The fraction of sp³-hybridized carbons (Fsp3) is 0.267. The molecule has 1 fully saturated rings. The molecule has 0 spiro atoms. The highest BCUT2D eigenvalue weighted by Gasteiger charge is 2.30. The second-order valence-electron chi connectivity index (χ2n) is 9.63. The third-order valence-electron chi connectivity index (χ3n) is 6.59. The molecule has 0 aliphatic carbocycles. The van der Waals surface area contributed by atoms with Gasteiger partial charge in [0.1, 0.15) is 11.9 Å². The molecular weight excluding hydrogens is 554 g/mol. The van der Waals surface area contributed by atoms with E-state index in [0.717, 1.165) is 31.3 Å². The Morgan fingerprint density at radius 3 is 2.33 bits per heavy atom. The van der Waals surface area contributed by atoms with Crippen LogP contribution < -0.4 is 21.7 Å². The molecule has 5 N–H and O–H groups in total. The molecule has 4 rings (SSSR count).